The minimum atomic E-state index is -0.369. The Bertz CT molecular complexity index is 377. The van der Waals surface area contributed by atoms with Crippen molar-refractivity contribution in [2.24, 2.45) is 0 Å². The first-order chi connectivity index (χ1) is 7.58. The molecule has 1 aromatic rings. The Balaban J connectivity index is 3.08. The summed E-state index contributed by atoms with van der Waals surface area (Å²) in [6, 6.07) is 3.23. The number of aromatic nitrogens is 1. The van der Waals surface area contributed by atoms with Crippen molar-refractivity contribution in [3.05, 3.63) is 17.7 Å². The van der Waals surface area contributed by atoms with Crippen molar-refractivity contribution in [2.75, 3.05) is 32.7 Å². The fraction of sp³-hybridized carbons (Fsp3) is 0.455. The van der Waals surface area contributed by atoms with Crippen LogP contribution in [0.3, 0.4) is 0 Å². The van der Waals surface area contributed by atoms with Gasteiger partial charge in [-0.05, 0) is 13.0 Å². The molecule has 5 heteroatoms. The van der Waals surface area contributed by atoms with Crippen LogP contribution in [-0.2, 0) is 4.74 Å². The van der Waals surface area contributed by atoms with Crippen molar-refractivity contribution in [3.8, 4) is 5.88 Å². The van der Waals surface area contributed by atoms with E-state index in [-0.39, 0.29) is 5.97 Å². The Kier molecular flexibility index (Phi) is 4.10. The number of hydrogen-bond acceptors (Lipinski definition) is 5. The molecule has 1 heterocycles. The van der Waals surface area contributed by atoms with Gasteiger partial charge in [-0.3, -0.25) is 0 Å². The highest BCUT2D eigenvalue weighted by molar-refractivity contribution is 5.90. The minimum absolute atomic E-state index is 0.348. The molecule has 0 saturated carbocycles. The van der Waals surface area contributed by atoms with Crippen LogP contribution in [0.5, 0.6) is 5.88 Å². The van der Waals surface area contributed by atoms with Crippen molar-refractivity contribution >= 4 is 11.8 Å². The molecule has 0 atom stereocenters. The fourth-order valence-electron chi connectivity index (χ4n) is 1.16. The summed E-state index contributed by atoms with van der Waals surface area (Å²) in [4.78, 5) is 17.6. The van der Waals surface area contributed by atoms with Crippen molar-refractivity contribution in [2.45, 2.75) is 6.92 Å². The van der Waals surface area contributed by atoms with Gasteiger partial charge in [0.25, 0.3) is 0 Å². The van der Waals surface area contributed by atoms with Crippen LogP contribution in [0.1, 0.15) is 17.3 Å². The van der Waals surface area contributed by atoms with Gasteiger partial charge < -0.3 is 14.4 Å². The van der Waals surface area contributed by atoms with Gasteiger partial charge in [0.05, 0.1) is 19.3 Å². The number of anilines is 1. The normalized spacial score (nSPS) is 9.75. The maximum Gasteiger partial charge on any atom is 0.338 e. The van der Waals surface area contributed by atoms with Crippen LogP contribution in [0.15, 0.2) is 12.1 Å². The number of rotatable bonds is 4. The first kappa shape index (κ1) is 12.3. The molecule has 88 valence electrons. The highest BCUT2D eigenvalue weighted by atomic mass is 16.5. The Morgan fingerprint density at radius 3 is 2.62 bits per heavy atom. The van der Waals surface area contributed by atoms with E-state index in [9.17, 15) is 4.79 Å². The summed E-state index contributed by atoms with van der Waals surface area (Å²) in [5, 5.41) is 0. The first-order valence-electron chi connectivity index (χ1n) is 4.99. The van der Waals surface area contributed by atoms with Crippen molar-refractivity contribution < 1.29 is 14.3 Å². The van der Waals surface area contributed by atoms with Gasteiger partial charge in [-0.15, -0.1) is 0 Å². The largest absolute Gasteiger partial charge is 0.481 e. The van der Waals surface area contributed by atoms with E-state index in [0.717, 1.165) is 0 Å². The molecule has 0 unspecified atom stereocenters. The average Bonchev–Trinajstić information content (AvgIpc) is 2.28. The van der Waals surface area contributed by atoms with Crippen LogP contribution < -0.4 is 9.64 Å². The third-order valence-electron chi connectivity index (χ3n) is 1.97. The molecule has 1 rings (SSSR count). The summed E-state index contributed by atoms with van der Waals surface area (Å²) < 4.78 is 9.95. The van der Waals surface area contributed by atoms with Gasteiger partial charge in [-0.2, -0.15) is 4.98 Å². The molecule has 1 aromatic heterocycles. The van der Waals surface area contributed by atoms with Gasteiger partial charge in [-0.1, -0.05) is 0 Å². The molecule has 0 amide bonds. The van der Waals surface area contributed by atoms with Gasteiger partial charge in [0, 0.05) is 20.2 Å². The van der Waals surface area contributed by atoms with Crippen LogP contribution in [0.25, 0.3) is 0 Å². The van der Waals surface area contributed by atoms with E-state index in [1.54, 1.807) is 24.0 Å². The molecular formula is C11H16N2O3. The quantitative estimate of drug-likeness (QED) is 0.722. The van der Waals surface area contributed by atoms with Gasteiger partial charge in [0.2, 0.25) is 5.88 Å². The number of hydrogen-bond donors (Lipinski definition) is 0. The number of carbonyl (C=O) groups excluding carboxylic acids is 1. The van der Waals surface area contributed by atoms with E-state index in [1.165, 1.54) is 7.11 Å². The molecule has 0 saturated heterocycles. The Morgan fingerprint density at radius 2 is 2.12 bits per heavy atom. The van der Waals surface area contributed by atoms with Crippen molar-refractivity contribution in [3.63, 3.8) is 0 Å². The molecule has 0 aliphatic carbocycles. The summed E-state index contributed by atoms with van der Waals surface area (Å²) in [6.45, 7) is 2.12. The number of carbonyl (C=O) groups is 1. The first-order valence-corrected chi connectivity index (χ1v) is 4.99. The maximum absolute atomic E-state index is 11.6. The molecule has 0 aliphatic rings. The number of ether oxygens (including phenoxy) is 2. The van der Waals surface area contributed by atoms with E-state index in [1.807, 2.05) is 14.1 Å². The predicted molar refractivity (Wildman–Crippen MR) is 61.1 cm³/mol. The third-order valence-corrected chi connectivity index (χ3v) is 1.97. The number of methoxy groups -OCH3 is 1. The standard InChI is InChI=1S/C11H16N2O3/c1-5-16-11(14)8-6-9(13(2)3)12-10(7-8)15-4/h6-7H,5H2,1-4H3. The number of esters is 1. The lowest BCUT2D eigenvalue weighted by Crippen LogP contribution is -2.13. The maximum atomic E-state index is 11.6. The van der Waals surface area contributed by atoms with Crippen LogP contribution in [0.4, 0.5) is 5.82 Å². The highest BCUT2D eigenvalue weighted by Gasteiger charge is 2.11. The molecule has 0 aliphatic heterocycles. The van der Waals surface area contributed by atoms with Gasteiger partial charge in [-0.25, -0.2) is 4.79 Å². The molecule has 0 spiro atoms. The molecule has 0 fully saturated rings. The minimum Gasteiger partial charge on any atom is -0.481 e. The van der Waals surface area contributed by atoms with E-state index >= 15 is 0 Å². The zero-order chi connectivity index (χ0) is 12.1. The van der Waals surface area contributed by atoms with E-state index in [2.05, 4.69) is 4.98 Å². The van der Waals surface area contributed by atoms with Gasteiger partial charge in [0.1, 0.15) is 5.82 Å². The second-order valence-electron chi connectivity index (χ2n) is 3.37. The van der Waals surface area contributed by atoms with Crippen LogP contribution in [-0.4, -0.2) is 38.8 Å². The molecule has 0 aromatic carbocycles. The Labute approximate surface area is 95.0 Å². The smallest absolute Gasteiger partial charge is 0.338 e. The zero-order valence-electron chi connectivity index (χ0n) is 9.98. The van der Waals surface area contributed by atoms with Crippen molar-refractivity contribution in [1.29, 1.82) is 0 Å². The lowest BCUT2D eigenvalue weighted by Gasteiger charge is -2.13. The molecule has 0 bridgehead atoms. The van der Waals surface area contributed by atoms with Crippen LogP contribution >= 0.6 is 0 Å². The van der Waals surface area contributed by atoms with E-state index in [4.69, 9.17) is 9.47 Å². The molecule has 5 nitrogen and oxygen atoms in total. The summed E-state index contributed by atoms with van der Waals surface area (Å²) in [7, 11) is 5.20. The Morgan fingerprint density at radius 1 is 1.44 bits per heavy atom. The van der Waals surface area contributed by atoms with Crippen molar-refractivity contribution in [1.82, 2.24) is 4.98 Å². The monoisotopic (exact) mass is 224 g/mol. The van der Waals surface area contributed by atoms with Crippen LogP contribution in [0.2, 0.25) is 0 Å². The SMILES string of the molecule is CCOC(=O)c1cc(OC)nc(N(C)C)c1. The van der Waals surface area contributed by atoms with Gasteiger partial charge in [0.15, 0.2) is 0 Å². The summed E-state index contributed by atoms with van der Waals surface area (Å²) in [5.41, 5.74) is 0.442. The third kappa shape index (κ3) is 2.85. The van der Waals surface area contributed by atoms with Gasteiger partial charge >= 0.3 is 5.97 Å². The lowest BCUT2D eigenvalue weighted by molar-refractivity contribution is 0.0526. The summed E-state index contributed by atoms with van der Waals surface area (Å²) >= 11 is 0. The second kappa shape index (κ2) is 5.34. The Hall–Kier alpha value is -1.78. The molecule has 0 N–H and O–H groups in total. The van der Waals surface area contributed by atoms with E-state index in [0.29, 0.717) is 23.9 Å². The zero-order valence-corrected chi connectivity index (χ0v) is 9.98. The average molecular weight is 224 g/mol. The highest BCUT2D eigenvalue weighted by Crippen LogP contribution is 2.18. The lowest BCUT2D eigenvalue weighted by atomic mass is 10.2. The fourth-order valence-corrected chi connectivity index (χ4v) is 1.16. The summed E-state index contributed by atoms with van der Waals surface area (Å²) in [6.07, 6.45) is 0. The molecular weight excluding hydrogens is 208 g/mol. The van der Waals surface area contributed by atoms with E-state index < -0.39 is 0 Å². The topological polar surface area (TPSA) is 51.7 Å². The molecule has 0 radical (unpaired) electrons. The molecule has 16 heavy (non-hydrogen) atoms. The van der Waals surface area contributed by atoms with Crippen LogP contribution in [0, 0.1) is 0 Å². The summed E-state index contributed by atoms with van der Waals surface area (Å²) in [5.74, 6) is 0.683. The predicted octanol–water partition coefficient (Wildman–Crippen LogP) is 1.33. The number of pyridine rings is 1. The number of nitrogens with zero attached hydrogens (tertiary/aromatic N) is 2. The second-order valence-corrected chi connectivity index (χ2v) is 3.37.